The van der Waals surface area contributed by atoms with Gasteiger partial charge in [-0.3, -0.25) is 9.59 Å². The van der Waals surface area contributed by atoms with Crippen LogP contribution in [0.5, 0.6) is 5.75 Å². The SMILES string of the molecule is CC(=O)Oc1cc(C)c2c(=O)c(-c3nc(C)cs3)coc2c1. The number of aryl methyl sites for hydroxylation is 2. The predicted molar refractivity (Wildman–Crippen MR) is 84.4 cm³/mol. The van der Waals surface area contributed by atoms with E-state index < -0.39 is 5.97 Å². The van der Waals surface area contributed by atoms with E-state index in [2.05, 4.69) is 4.98 Å². The van der Waals surface area contributed by atoms with E-state index in [0.29, 0.717) is 32.9 Å². The van der Waals surface area contributed by atoms with Gasteiger partial charge in [0.2, 0.25) is 5.43 Å². The highest BCUT2D eigenvalue weighted by molar-refractivity contribution is 7.13. The smallest absolute Gasteiger partial charge is 0.308 e. The van der Waals surface area contributed by atoms with Crippen molar-refractivity contribution in [1.82, 2.24) is 4.98 Å². The summed E-state index contributed by atoms with van der Waals surface area (Å²) in [6.45, 7) is 4.98. The average molecular weight is 315 g/mol. The Morgan fingerprint density at radius 3 is 2.73 bits per heavy atom. The average Bonchev–Trinajstić information content (AvgIpc) is 2.84. The van der Waals surface area contributed by atoms with Gasteiger partial charge in [0, 0.05) is 24.1 Å². The molecule has 0 N–H and O–H groups in total. The Bertz CT molecular complexity index is 939. The number of esters is 1. The lowest BCUT2D eigenvalue weighted by molar-refractivity contribution is -0.131. The number of rotatable bonds is 2. The zero-order valence-corrected chi connectivity index (χ0v) is 13.1. The lowest BCUT2D eigenvalue weighted by Gasteiger charge is -2.06. The van der Waals surface area contributed by atoms with Crippen molar-refractivity contribution >= 4 is 28.3 Å². The van der Waals surface area contributed by atoms with E-state index >= 15 is 0 Å². The van der Waals surface area contributed by atoms with Crippen LogP contribution in [0.15, 0.2) is 33.0 Å². The number of fused-ring (bicyclic) bond motifs is 1. The largest absolute Gasteiger partial charge is 0.463 e. The van der Waals surface area contributed by atoms with E-state index in [4.69, 9.17) is 9.15 Å². The molecule has 0 radical (unpaired) electrons. The summed E-state index contributed by atoms with van der Waals surface area (Å²) < 4.78 is 10.6. The number of aromatic nitrogens is 1. The Balaban J connectivity index is 2.21. The Kier molecular flexibility index (Phi) is 3.54. The number of hydrogen-bond donors (Lipinski definition) is 0. The number of carbonyl (C=O) groups is 1. The van der Waals surface area contributed by atoms with Gasteiger partial charge in [-0.25, -0.2) is 4.98 Å². The molecule has 0 amide bonds. The van der Waals surface area contributed by atoms with Crippen LogP contribution in [-0.2, 0) is 4.79 Å². The fourth-order valence-corrected chi connectivity index (χ4v) is 3.07. The third-order valence-electron chi connectivity index (χ3n) is 3.16. The number of thiazole rings is 1. The van der Waals surface area contributed by atoms with Crippen molar-refractivity contribution in [3.63, 3.8) is 0 Å². The summed E-state index contributed by atoms with van der Waals surface area (Å²) in [4.78, 5) is 28.1. The summed E-state index contributed by atoms with van der Waals surface area (Å²) in [7, 11) is 0. The standard InChI is InChI=1S/C16H13NO4S/c1-8-4-11(21-10(3)18)5-13-14(8)15(19)12(6-20-13)16-17-9(2)7-22-16/h4-7H,1-3H3. The molecule has 2 aromatic heterocycles. The molecule has 5 nitrogen and oxygen atoms in total. The summed E-state index contributed by atoms with van der Waals surface area (Å²) in [5.74, 6) is -0.0607. The quantitative estimate of drug-likeness (QED) is 0.535. The molecule has 3 rings (SSSR count). The van der Waals surface area contributed by atoms with Crippen molar-refractivity contribution in [1.29, 1.82) is 0 Å². The Morgan fingerprint density at radius 2 is 2.09 bits per heavy atom. The second kappa shape index (κ2) is 5.38. The summed E-state index contributed by atoms with van der Waals surface area (Å²) in [6.07, 6.45) is 1.40. The van der Waals surface area contributed by atoms with Crippen LogP contribution in [0.3, 0.4) is 0 Å². The molecule has 0 saturated carbocycles. The minimum Gasteiger partial charge on any atom is -0.463 e. The third kappa shape index (κ3) is 2.53. The molecule has 2 heterocycles. The van der Waals surface area contributed by atoms with Crippen LogP contribution in [-0.4, -0.2) is 11.0 Å². The van der Waals surface area contributed by atoms with Gasteiger partial charge in [0.1, 0.15) is 22.6 Å². The number of ether oxygens (including phenoxy) is 1. The molecule has 6 heteroatoms. The number of carbonyl (C=O) groups excluding carboxylic acids is 1. The normalized spacial score (nSPS) is 10.9. The molecule has 1 aromatic carbocycles. The van der Waals surface area contributed by atoms with E-state index in [1.165, 1.54) is 24.5 Å². The van der Waals surface area contributed by atoms with Crippen LogP contribution >= 0.6 is 11.3 Å². The number of hydrogen-bond acceptors (Lipinski definition) is 6. The van der Waals surface area contributed by atoms with E-state index in [9.17, 15) is 9.59 Å². The molecule has 3 aromatic rings. The van der Waals surface area contributed by atoms with E-state index in [1.807, 2.05) is 12.3 Å². The van der Waals surface area contributed by atoms with E-state index in [0.717, 1.165) is 5.69 Å². The van der Waals surface area contributed by atoms with Crippen LogP contribution < -0.4 is 10.2 Å². The Hall–Kier alpha value is -2.47. The molecule has 0 aliphatic heterocycles. The Morgan fingerprint density at radius 1 is 1.32 bits per heavy atom. The molecular formula is C16H13NO4S. The second-order valence-corrected chi connectivity index (χ2v) is 5.84. The molecule has 0 fully saturated rings. The molecule has 0 aliphatic rings. The van der Waals surface area contributed by atoms with Gasteiger partial charge in [0.15, 0.2) is 0 Å². The van der Waals surface area contributed by atoms with Crippen LogP contribution in [0.25, 0.3) is 21.5 Å². The van der Waals surface area contributed by atoms with E-state index in [1.54, 1.807) is 19.1 Å². The zero-order valence-electron chi connectivity index (χ0n) is 12.3. The van der Waals surface area contributed by atoms with Crippen molar-refractivity contribution < 1.29 is 13.9 Å². The lowest BCUT2D eigenvalue weighted by atomic mass is 10.1. The van der Waals surface area contributed by atoms with Crippen LogP contribution in [0.1, 0.15) is 18.2 Å². The molecule has 0 spiro atoms. The van der Waals surface area contributed by atoms with Gasteiger partial charge in [0.25, 0.3) is 0 Å². The van der Waals surface area contributed by atoms with Crippen LogP contribution in [0.4, 0.5) is 0 Å². The number of nitrogens with zero attached hydrogens (tertiary/aromatic N) is 1. The second-order valence-electron chi connectivity index (χ2n) is 4.98. The van der Waals surface area contributed by atoms with Crippen LogP contribution in [0.2, 0.25) is 0 Å². The first-order valence-corrected chi connectivity index (χ1v) is 7.51. The zero-order chi connectivity index (χ0) is 15.9. The highest BCUT2D eigenvalue weighted by Crippen LogP contribution is 2.27. The van der Waals surface area contributed by atoms with Gasteiger partial charge in [0.05, 0.1) is 10.9 Å². The fraction of sp³-hybridized carbons (Fsp3) is 0.188. The lowest BCUT2D eigenvalue weighted by Crippen LogP contribution is -2.07. The van der Waals surface area contributed by atoms with Crippen molar-refractivity contribution in [2.45, 2.75) is 20.8 Å². The maximum absolute atomic E-state index is 12.7. The van der Waals surface area contributed by atoms with Crippen molar-refractivity contribution in [3.05, 3.63) is 45.3 Å². The first kappa shape index (κ1) is 14.5. The molecule has 22 heavy (non-hydrogen) atoms. The van der Waals surface area contributed by atoms with Crippen LogP contribution in [0, 0.1) is 13.8 Å². The summed E-state index contributed by atoms with van der Waals surface area (Å²) in [5.41, 5.74) is 2.24. The molecule has 112 valence electrons. The fourth-order valence-electron chi connectivity index (χ4n) is 2.27. The molecular weight excluding hydrogens is 302 g/mol. The van der Waals surface area contributed by atoms with Gasteiger partial charge in [-0.15, -0.1) is 11.3 Å². The summed E-state index contributed by atoms with van der Waals surface area (Å²) in [5, 5.41) is 2.99. The minimum absolute atomic E-state index is 0.137. The van der Waals surface area contributed by atoms with Gasteiger partial charge in [-0.05, 0) is 25.5 Å². The van der Waals surface area contributed by atoms with Crippen molar-refractivity contribution in [2.75, 3.05) is 0 Å². The topological polar surface area (TPSA) is 69.4 Å². The number of benzene rings is 1. The van der Waals surface area contributed by atoms with E-state index in [-0.39, 0.29) is 5.43 Å². The maximum Gasteiger partial charge on any atom is 0.308 e. The first-order chi connectivity index (χ1) is 10.5. The molecule has 0 bridgehead atoms. The molecule has 0 aliphatic carbocycles. The van der Waals surface area contributed by atoms with Gasteiger partial charge >= 0.3 is 5.97 Å². The monoisotopic (exact) mass is 315 g/mol. The van der Waals surface area contributed by atoms with Gasteiger partial charge in [-0.1, -0.05) is 0 Å². The highest BCUT2D eigenvalue weighted by atomic mass is 32.1. The van der Waals surface area contributed by atoms with Gasteiger partial charge < -0.3 is 9.15 Å². The van der Waals surface area contributed by atoms with Crippen molar-refractivity contribution in [2.24, 2.45) is 0 Å². The molecule has 0 saturated heterocycles. The molecule has 0 unspecified atom stereocenters. The summed E-state index contributed by atoms with van der Waals surface area (Å²) in [6, 6.07) is 3.19. The maximum atomic E-state index is 12.7. The minimum atomic E-state index is -0.420. The third-order valence-corrected chi connectivity index (χ3v) is 4.15. The molecule has 0 atom stereocenters. The van der Waals surface area contributed by atoms with Crippen molar-refractivity contribution in [3.8, 4) is 16.3 Å². The summed E-state index contributed by atoms with van der Waals surface area (Å²) >= 11 is 1.40. The first-order valence-electron chi connectivity index (χ1n) is 6.63. The highest BCUT2D eigenvalue weighted by Gasteiger charge is 2.15. The van der Waals surface area contributed by atoms with Gasteiger partial charge in [-0.2, -0.15) is 0 Å². The predicted octanol–water partition coefficient (Wildman–Crippen LogP) is 3.46. The Labute approximate surface area is 130 Å².